The van der Waals surface area contributed by atoms with Gasteiger partial charge in [0.15, 0.2) is 5.96 Å². The van der Waals surface area contributed by atoms with Gasteiger partial charge < -0.3 is 53.5 Å². The van der Waals surface area contributed by atoms with Crippen molar-refractivity contribution in [3.8, 4) is 5.75 Å². The fourth-order valence-electron chi connectivity index (χ4n) is 5.25. The second kappa shape index (κ2) is 21.1. The molecule has 282 valence electrons. The van der Waals surface area contributed by atoms with E-state index >= 15 is 0 Å². The number of nitrogens with one attached hydrogen (secondary N) is 8. The number of hydrogen-bond donors (Lipinski definition) is 11. The molecule has 0 unspecified atom stereocenters. The number of rotatable bonds is 21. The Labute approximate surface area is 298 Å². The summed E-state index contributed by atoms with van der Waals surface area (Å²) in [6, 6.07) is 1.06. The maximum Gasteiger partial charge on any atom is 0.243 e. The van der Waals surface area contributed by atoms with Gasteiger partial charge in [-0.1, -0.05) is 39.8 Å². The molecule has 0 aliphatic heterocycles. The first-order valence-electron chi connectivity index (χ1n) is 17.1. The van der Waals surface area contributed by atoms with Crippen LogP contribution >= 0.6 is 0 Å². The molecule has 0 aliphatic carbocycles. The maximum absolute atomic E-state index is 13.9. The molecule has 13 N–H and O–H groups in total. The number of likely N-dealkylation sites (N-methyl/N-ethyl adjacent to an activating group) is 1. The lowest BCUT2D eigenvalue weighted by Crippen LogP contribution is -2.59. The van der Waals surface area contributed by atoms with Gasteiger partial charge in [0.1, 0.15) is 29.9 Å². The number of carbonyl (C=O) groups excluding carboxylic acids is 5. The van der Waals surface area contributed by atoms with Crippen molar-refractivity contribution < 1.29 is 29.1 Å². The number of aromatic hydroxyl groups is 1. The summed E-state index contributed by atoms with van der Waals surface area (Å²) < 4.78 is 0. The molecule has 17 heteroatoms. The maximum atomic E-state index is 13.9. The Bertz CT molecular complexity index is 1430. The van der Waals surface area contributed by atoms with Crippen molar-refractivity contribution in [2.24, 2.45) is 23.3 Å². The predicted molar refractivity (Wildman–Crippen MR) is 192 cm³/mol. The van der Waals surface area contributed by atoms with Crippen molar-refractivity contribution in [2.45, 2.75) is 96.4 Å². The van der Waals surface area contributed by atoms with Crippen LogP contribution in [-0.4, -0.2) is 94.4 Å². The summed E-state index contributed by atoms with van der Waals surface area (Å²) in [7, 11) is 1.44. The van der Waals surface area contributed by atoms with Crippen LogP contribution in [0.15, 0.2) is 36.8 Å². The van der Waals surface area contributed by atoms with Gasteiger partial charge in [-0.3, -0.25) is 29.4 Å². The number of carbonyl (C=O) groups is 5. The van der Waals surface area contributed by atoms with E-state index in [2.05, 4.69) is 41.9 Å². The van der Waals surface area contributed by atoms with E-state index in [1.807, 2.05) is 27.7 Å². The zero-order valence-electron chi connectivity index (χ0n) is 30.0. The molecule has 1 aromatic heterocycles. The molecule has 0 saturated heterocycles. The Balaban J connectivity index is 2.24. The van der Waals surface area contributed by atoms with Gasteiger partial charge >= 0.3 is 0 Å². The van der Waals surface area contributed by atoms with Gasteiger partial charge in [-0.05, 0) is 55.2 Å². The molecule has 1 heterocycles. The molecule has 0 spiro atoms. The van der Waals surface area contributed by atoms with Crippen LogP contribution in [0.2, 0.25) is 0 Å². The van der Waals surface area contributed by atoms with Crippen molar-refractivity contribution in [3.63, 3.8) is 0 Å². The van der Waals surface area contributed by atoms with Gasteiger partial charge in [-0.15, -0.1) is 0 Å². The van der Waals surface area contributed by atoms with E-state index < -0.39 is 59.7 Å². The van der Waals surface area contributed by atoms with Crippen molar-refractivity contribution in [2.75, 3.05) is 13.6 Å². The van der Waals surface area contributed by atoms with E-state index in [1.54, 1.807) is 18.3 Å². The standard InChI is InChI=1S/C34H55N11O6/c1-19(2)13-25(42-29(47)24(35)7-6-12-40-34(36)37)31(49)43-26(14-20(3)4)32(50)45-28(16-22-17-39-18-41-22)33(51)44-27(30(48)38-5)15-21-8-10-23(46)11-9-21/h8-11,17-20,24-28,46H,6-7,12-16,35H2,1-5H3,(H,38,48)(H,39,41)(H,42,47)(H,43,49)(H,44,51)(H,45,50)(H4,36,37,40)/t24-,25-,26-,27-,28-/m0/s1. The minimum absolute atomic E-state index is 0.00573. The van der Waals surface area contributed by atoms with Gasteiger partial charge in [0.2, 0.25) is 29.5 Å². The zero-order chi connectivity index (χ0) is 38.1. The summed E-state index contributed by atoms with van der Waals surface area (Å²) in [5, 5.41) is 33.1. The number of amides is 5. The van der Waals surface area contributed by atoms with Crippen LogP contribution in [-0.2, 0) is 36.8 Å². The summed E-state index contributed by atoms with van der Waals surface area (Å²) >= 11 is 0. The summed E-state index contributed by atoms with van der Waals surface area (Å²) in [5.74, 6) is -3.02. The second-order valence-corrected chi connectivity index (χ2v) is 13.3. The number of imidazole rings is 1. The number of hydrogen-bond acceptors (Lipinski definition) is 9. The SMILES string of the molecule is CNC(=O)[C@H](Cc1ccc(O)cc1)NC(=O)[C@H](Cc1c[nH]cn1)NC(=O)[C@H](CC(C)C)NC(=O)[C@H](CC(C)C)NC(=O)[C@@H](N)CCCNC(=N)N. The third kappa shape index (κ3) is 15.5. The van der Waals surface area contributed by atoms with Gasteiger partial charge in [-0.2, -0.15) is 0 Å². The molecule has 2 rings (SSSR count). The molecular weight excluding hydrogens is 658 g/mol. The highest BCUT2D eigenvalue weighted by molar-refractivity contribution is 5.96. The molecule has 0 aliphatic rings. The first kappa shape index (κ1) is 42.0. The average Bonchev–Trinajstić information content (AvgIpc) is 3.58. The van der Waals surface area contributed by atoms with Crippen molar-refractivity contribution in [3.05, 3.63) is 48.0 Å². The Hall–Kier alpha value is -5.19. The minimum Gasteiger partial charge on any atom is -0.508 e. The Morgan fingerprint density at radius 2 is 1.31 bits per heavy atom. The highest BCUT2D eigenvalue weighted by atomic mass is 16.3. The van der Waals surface area contributed by atoms with Crippen LogP contribution in [0.1, 0.15) is 64.6 Å². The number of phenolic OH excluding ortho intramolecular Hbond substituents is 1. The fraction of sp³-hybridized carbons (Fsp3) is 0.559. The number of aromatic nitrogens is 2. The monoisotopic (exact) mass is 713 g/mol. The third-order valence-corrected chi connectivity index (χ3v) is 7.88. The second-order valence-electron chi connectivity index (χ2n) is 13.3. The average molecular weight is 714 g/mol. The lowest BCUT2D eigenvalue weighted by atomic mass is 9.99. The van der Waals surface area contributed by atoms with Gasteiger partial charge in [0.25, 0.3) is 0 Å². The molecular formula is C34H55N11O6. The molecule has 5 atom stereocenters. The van der Waals surface area contributed by atoms with Crippen molar-refractivity contribution in [1.29, 1.82) is 5.41 Å². The fourth-order valence-corrected chi connectivity index (χ4v) is 5.25. The number of aromatic amines is 1. The molecule has 17 nitrogen and oxygen atoms in total. The summed E-state index contributed by atoms with van der Waals surface area (Å²) in [6.07, 6.45) is 4.37. The van der Waals surface area contributed by atoms with Crippen LogP contribution in [0.25, 0.3) is 0 Å². The van der Waals surface area contributed by atoms with Gasteiger partial charge in [-0.25, -0.2) is 4.98 Å². The number of nitrogens with two attached hydrogens (primary N) is 2. The van der Waals surface area contributed by atoms with Crippen molar-refractivity contribution in [1.82, 2.24) is 41.9 Å². The number of benzene rings is 1. The van der Waals surface area contributed by atoms with Crippen LogP contribution < -0.4 is 43.4 Å². The Kier molecular flexibility index (Phi) is 17.4. The lowest BCUT2D eigenvalue weighted by Gasteiger charge is -2.28. The molecule has 0 radical (unpaired) electrons. The number of guanidine groups is 1. The molecule has 5 amide bonds. The molecule has 0 saturated carbocycles. The van der Waals surface area contributed by atoms with E-state index in [4.69, 9.17) is 16.9 Å². The smallest absolute Gasteiger partial charge is 0.243 e. The van der Waals surface area contributed by atoms with Crippen molar-refractivity contribution >= 4 is 35.5 Å². The van der Waals surface area contributed by atoms with Crippen LogP contribution in [0.3, 0.4) is 0 Å². The third-order valence-electron chi connectivity index (χ3n) is 7.88. The van der Waals surface area contributed by atoms with E-state index in [0.717, 1.165) is 0 Å². The normalized spacial score (nSPS) is 14.0. The molecule has 0 bridgehead atoms. The quantitative estimate of drug-likeness (QED) is 0.0438. The molecule has 51 heavy (non-hydrogen) atoms. The molecule has 2 aromatic rings. The Morgan fingerprint density at radius 1 is 0.804 bits per heavy atom. The summed E-state index contributed by atoms with van der Waals surface area (Å²) in [5.41, 5.74) is 12.5. The first-order chi connectivity index (χ1) is 24.1. The summed E-state index contributed by atoms with van der Waals surface area (Å²) in [4.78, 5) is 74.0. The number of H-pyrrole nitrogens is 1. The van der Waals surface area contributed by atoms with E-state index in [0.29, 0.717) is 24.2 Å². The van der Waals surface area contributed by atoms with E-state index in [1.165, 1.54) is 25.5 Å². The topological polar surface area (TPSA) is 282 Å². The Morgan fingerprint density at radius 3 is 1.80 bits per heavy atom. The highest BCUT2D eigenvalue weighted by Crippen LogP contribution is 2.13. The van der Waals surface area contributed by atoms with Crippen LogP contribution in [0.5, 0.6) is 5.75 Å². The summed E-state index contributed by atoms with van der Waals surface area (Å²) in [6.45, 7) is 7.91. The van der Waals surface area contributed by atoms with Crippen LogP contribution in [0.4, 0.5) is 0 Å². The number of nitrogens with zero attached hydrogens (tertiary/aromatic N) is 1. The predicted octanol–water partition coefficient (Wildman–Crippen LogP) is -0.732. The van der Waals surface area contributed by atoms with E-state index in [-0.39, 0.29) is 55.6 Å². The van der Waals surface area contributed by atoms with E-state index in [9.17, 15) is 29.1 Å². The lowest BCUT2D eigenvalue weighted by molar-refractivity contribution is -0.135. The minimum atomic E-state index is -1.18. The first-order valence-corrected chi connectivity index (χ1v) is 17.1. The molecule has 0 fully saturated rings. The molecule has 1 aromatic carbocycles. The van der Waals surface area contributed by atoms with Crippen LogP contribution in [0, 0.1) is 17.2 Å². The highest BCUT2D eigenvalue weighted by Gasteiger charge is 2.33. The zero-order valence-corrected chi connectivity index (χ0v) is 30.0. The largest absolute Gasteiger partial charge is 0.508 e. The van der Waals surface area contributed by atoms with Gasteiger partial charge in [0.05, 0.1) is 18.1 Å². The number of phenols is 1. The van der Waals surface area contributed by atoms with Gasteiger partial charge in [0, 0.05) is 32.6 Å².